The van der Waals surface area contributed by atoms with Crippen molar-refractivity contribution >= 4 is 18.0 Å². The van der Waals surface area contributed by atoms with E-state index in [9.17, 15) is 14.4 Å². The largest absolute Gasteiger partial charge is 0.480 e. The number of aliphatic carboxylic acids is 1. The lowest BCUT2D eigenvalue weighted by Gasteiger charge is -2.37. The fraction of sp³-hybridized carbons (Fsp3) is 0.769. The van der Waals surface area contributed by atoms with Crippen molar-refractivity contribution in [2.45, 2.75) is 44.2 Å². The number of ether oxygens (including phenoxy) is 1. The number of esters is 1. The molecule has 1 heterocycles. The highest BCUT2D eigenvalue weighted by Gasteiger charge is 2.40. The van der Waals surface area contributed by atoms with Crippen LogP contribution in [0.3, 0.4) is 0 Å². The van der Waals surface area contributed by atoms with Crippen LogP contribution in [0.1, 0.15) is 32.1 Å². The quantitative estimate of drug-likeness (QED) is 0.767. The first-order chi connectivity index (χ1) is 9.54. The molecule has 1 aliphatic heterocycles. The number of rotatable bonds is 4. The molecule has 2 fully saturated rings. The van der Waals surface area contributed by atoms with E-state index >= 15 is 0 Å². The Hall–Kier alpha value is -1.79. The van der Waals surface area contributed by atoms with Gasteiger partial charge in [-0.15, -0.1) is 0 Å². The number of piperidine rings is 1. The second kappa shape index (κ2) is 6.11. The van der Waals surface area contributed by atoms with Crippen LogP contribution in [0.25, 0.3) is 0 Å². The van der Waals surface area contributed by atoms with Crippen molar-refractivity contribution in [1.82, 2.24) is 9.80 Å². The van der Waals surface area contributed by atoms with Crippen molar-refractivity contribution in [2.75, 3.05) is 20.2 Å². The fourth-order valence-electron chi connectivity index (χ4n) is 2.59. The highest BCUT2D eigenvalue weighted by atomic mass is 16.5. The number of likely N-dealkylation sites (tertiary alicyclic amines) is 1. The molecule has 0 aromatic rings. The van der Waals surface area contributed by atoms with Crippen LogP contribution in [0.15, 0.2) is 0 Å². The molecule has 112 valence electrons. The van der Waals surface area contributed by atoms with Gasteiger partial charge in [-0.1, -0.05) is 0 Å². The highest BCUT2D eigenvalue weighted by Crippen LogP contribution is 2.29. The average molecular weight is 284 g/mol. The standard InChI is InChI=1S/C13H20N2O5/c1-20-12(18)10-4-2-3-7-14(10)13(19)15(8-11(16)17)9-5-6-9/h9-10H,2-8H2,1H3,(H,16,17). The van der Waals surface area contributed by atoms with Crippen LogP contribution in [0, 0.1) is 0 Å². The molecule has 2 rings (SSSR count). The minimum absolute atomic E-state index is 0.00109. The molecule has 0 aromatic carbocycles. The highest BCUT2D eigenvalue weighted by molar-refractivity contribution is 5.86. The molecule has 2 amide bonds. The van der Waals surface area contributed by atoms with Crippen LogP contribution in [0.2, 0.25) is 0 Å². The first-order valence-corrected chi connectivity index (χ1v) is 6.91. The maximum absolute atomic E-state index is 12.5. The third-order valence-corrected chi connectivity index (χ3v) is 3.76. The molecule has 0 bridgehead atoms. The van der Waals surface area contributed by atoms with Crippen molar-refractivity contribution in [3.63, 3.8) is 0 Å². The second-order valence-electron chi connectivity index (χ2n) is 5.26. The Balaban J connectivity index is 2.10. The molecule has 2 aliphatic rings. The number of urea groups is 1. The van der Waals surface area contributed by atoms with E-state index in [2.05, 4.69) is 0 Å². The maximum Gasteiger partial charge on any atom is 0.328 e. The summed E-state index contributed by atoms with van der Waals surface area (Å²) in [7, 11) is 1.30. The summed E-state index contributed by atoms with van der Waals surface area (Å²) in [5.41, 5.74) is 0. The van der Waals surface area contributed by atoms with Crippen molar-refractivity contribution < 1.29 is 24.2 Å². The molecule has 1 atom stereocenters. The predicted octanol–water partition coefficient (Wildman–Crippen LogP) is 0.683. The van der Waals surface area contributed by atoms with Crippen molar-refractivity contribution in [3.8, 4) is 0 Å². The SMILES string of the molecule is COC(=O)C1CCCCN1C(=O)N(CC(=O)O)C1CC1. The van der Waals surface area contributed by atoms with Crippen LogP contribution in [-0.4, -0.2) is 65.2 Å². The van der Waals surface area contributed by atoms with Crippen LogP contribution in [-0.2, 0) is 14.3 Å². The zero-order valence-corrected chi connectivity index (χ0v) is 11.6. The Morgan fingerprint density at radius 2 is 1.95 bits per heavy atom. The number of hydrogen-bond acceptors (Lipinski definition) is 4. The van der Waals surface area contributed by atoms with Gasteiger partial charge in [0.1, 0.15) is 12.6 Å². The Morgan fingerprint density at radius 1 is 1.25 bits per heavy atom. The fourth-order valence-corrected chi connectivity index (χ4v) is 2.59. The van der Waals surface area contributed by atoms with Gasteiger partial charge in [0.15, 0.2) is 0 Å². The van der Waals surface area contributed by atoms with Crippen LogP contribution in [0.5, 0.6) is 0 Å². The minimum Gasteiger partial charge on any atom is -0.480 e. The number of carbonyl (C=O) groups excluding carboxylic acids is 2. The lowest BCUT2D eigenvalue weighted by molar-refractivity contribution is -0.147. The summed E-state index contributed by atoms with van der Waals surface area (Å²) in [5, 5.41) is 8.93. The Labute approximate surface area is 117 Å². The average Bonchev–Trinajstić information content (AvgIpc) is 3.27. The molecule has 1 N–H and O–H groups in total. The normalized spacial score (nSPS) is 22.2. The van der Waals surface area contributed by atoms with Crippen molar-refractivity contribution in [2.24, 2.45) is 0 Å². The number of nitrogens with zero attached hydrogens (tertiary/aromatic N) is 2. The molecule has 7 nitrogen and oxygen atoms in total. The number of carbonyl (C=O) groups is 3. The summed E-state index contributed by atoms with van der Waals surface area (Å²) in [6.07, 6.45) is 3.92. The molecule has 1 unspecified atom stereocenters. The summed E-state index contributed by atoms with van der Waals surface area (Å²) >= 11 is 0. The molecular formula is C13H20N2O5. The Bertz CT molecular complexity index is 408. The minimum atomic E-state index is -1.03. The summed E-state index contributed by atoms with van der Waals surface area (Å²) in [5.74, 6) is -1.46. The second-order valence-corrected chi connectivity index (χ2v) is 5.26. The topological polar surface area (TPSA) is 87.2 Å². The number of carboxylic acids is 1. The van der Waals surface area contributed by atoms with Gasteiger partial charge >= 0.3 is 18.0 Å². The van der Waals surface area contributed by atoms with Crippen LogP contribution >= 0.6 is 0 Å². The summed E-state index contributed by atoms with van der Waals surface area (Å²) in [6, 6.07) is -0.944. The van der Waals surface area contributed by atoms with E-state index in [0.717, 1.165) is 25.7 Å². The molecule has 20 heavy (non-hydrogen) atoms. The van der Waals surface area contributed by atoms with Gasteiger partial charge in [0.25, 0.3) is 0 Å². The summed E-state index contributed by atoms with van der Waals surface area (Å²) in [4.78, 5) is 38.0. The van der Waals surface area contributed by atoms with Crippen LogP contribution < -0.4 is 0 Å². The smallest absolute Gasteiger partial charge is 0.328 e. The van der Waals surface area contributed by atoms with Gasteiger partial charge in [-0.05, 0) is 32.1 Å². The zero-order valence-electron chi connectivity index (χ0n) is 11.6. The van der Waals surface area contributed by atoms with Crippen molar-refractivity contribution in [1.29, 1.82) is 0 Å². The third-order valence-electron chi connectivity index (χ3n) is 3.76. The number of amides is 2. The first-order valence-electron chi connectivity index (χ1n) is 6.91. The molecule has 1 saturated heterocycles. The summed E-state index contributed by atoms with van der Waals surface area (Å²) in [6.45, 7) is 0.162. The van der Waals surface area contributed by atoms with Gasteiger partial charge in [-0.25, -0.2) is 9.59 Å². The Morgan fingerprint density at radius 3 is 2.50 bits per heavy atom. The third kappa shape index (κ3) is 3.20. The van der Waals surface area contributed by atoms with Gasteiger partial charge < -0.3 is 19.6 Å². The molecular weight excluding hydrogens is 264 g/mol. The maximum atomic E-state index is 12.5. The lowest BCUT2D eigenvalue weighted by Crippen LogP contribution is -2.54. The Kier molecular flexibility index (Phi) is 4.46. The van der Waals surface area contributed by atoms with Gasteiger partial charge in [-0.2, -0.15) is 0 Å². The van der Waals surface area contributed by atoms with E-state index in [1.807, 2.05) is 0 Å². The molecule has 1 saturated carbocycles. The predicted molar refractivity (Wildman–Crippen MR) is 69.1 cm³/mol. The zero-order chi connectivity index (χ0) is 14.7. The number of methoxy groups -OCH3 is 1. The van der Waals surface area contributed by atoms with Gasteiger partial charge in [-0.3, -0.25) is 4.79 Å². The molecule has 0 aromatic heterocycles. The molecule has 7 heteroatoms. The van der Waals surface area contributed by atoms with E-state index in [0.29, 0.717) is 13.0 Å². The monoisotopic (exact) mass is 284 g/mol. The first kappa shape index (κ1) is 14.6. The van der Waals surface area contributed by atoms with Gasteiger partial charge in [0.05, 0.1) is 7.11 Å². The molecule has 0 spiro atoms. The van der Waals surface area contributed by atoms with Gasteiger partial charge in [0, 0.05) is 12.6 Å². The van der Waals surface area contributed by atoms with Gasteiger partial charge in [0.2, 0.25) is 0 Å². The number of hydrogen-bond donors (Lipinski definition) is 1. The van der Waals surface area contributed by atoms with Crippen molar-refractivity contribution in [3.05, 3.63) is 0 Å². The van der Waals surface area contributed by atoms with E-state index in [-0.39, 0.29) is 18.6 Å². The molecule has 1 aliphatic carbocycles. The van der Waals surface area contributed by atoms with E-state index in [1.165, 1.54) is 16.9 Å². The number of carboxylic acid groups (broad SMARTS) is 1. The van der Waals surface area contributed by atoms with E-state index in [4.69, 9.17) is 9.84 Å². The van der Waals surface area contributed by atoms with E-state index < -0.39 is 18.0 Å². The van der Waals surface area contributed by atoms with Crippen LogP contribution in [0.4, 0.5) is 4.79 Å². The van der Waals surface area contributed by atoms with E-state index in [1.54, 1.807) is 0 Å². The summed E-state index contributed by atoms with van der Waals surface area (Å²) < 4.78 is 4.74. The lowest BCUT2D eigenvalue weighted by atomic mass is 10.0. The molecule has 0 radical (unpaired) electrons.